The molecule has 1 atom stereocenters. The number of carbonyl (C=O) groups excluding carboxylic acids is 1. The van der Waals surface area contributed by atoms with Crippen molar-refractivity contribution in [2.75, 3.05) is 19.8 Å². The van der Waals surface area contributed by atoms with E-state index in [1.165, 1.54) is 0 Å². The van der Waals surface area contributed by atoms with E-state index in [0.717, 1.165) is 33.2 Å². The maximum absolute atomic E-state index is 13.4. The average molecular weight is 443 g/mol. The van der Waals surface area contributed by atoms with Gasteiger partial charge in [-0.3, -0.25) is 4.79 Å². The van der Waals surface area contributed by atoms with Crippen LogP contribution in [0.4, 0.5) is 0 Å². The summed E-state index contributed by atoms with van der Waals surface area (Å²) in [7, 11) is 0. The zero-order valence-corrected chi connectivity index (χ0v) is 18.4. The number of aliphatic hydroxyl groups excluding tert-OH is 1. The predicted molar refractivity (Wildman–Crippen MR) is 128 cm³/mol. The molecule has 3 aromatic carbocycles. The third-order valence-electron chi connectivity index (χ3n) is 5.97. The molecular weight excluding hydrogens is 416 g/mol. The van der Waals surface area contributed by atoms with Crippen molar-refractivity contribution in [2.24, 2.45) is 0 Å². The van der Waals surface area contributed by atoms with E-state index >= 15 is 0 Å². The Hall–Kier alpha value is -3.77. The molecule has 33 heavy (non-hydrogen) atoms. The molecule has 2 heterocycles. The van der Waals surface area contributed by atoms with E-state index in [4.69, 9.17) is 9.47 Å². The molecule has 0 saturated heterocycles. The summed E-state index contributed by atoms with van der Waals surface area (Å²) < 4.78 is 11.6. The first-order chi connectivity index (χ1) is 16.1. The van der Waals surface area contributed by atoms with E-state index in [1.807, 2.05) is 73.8 Å². The lowest BCUT2D eigenvalue weighted by atomic mass is 9.99. The van der Waals surface area contributed by atoms with Crippen LogP contribution in [0.15, 0.2) is 66.9 Å². The minimum atomic E-state index is -0.445. The number of nitrogens with one attached hydrogen (secondary N) is 2. The summed E-state index contributed by atoms with van der Waals surface area (Å²) in [5.41, 5.74) is 5.50. The summed E-state index contributed by atoms with van der Waals surface area (Å²) in [6, 6.07) is 19.4. The molecule has 0 aliphatic carbocycles. The van der Waals surface area contributed by atoms with Crippen LogP contribution in [0, 0.1) is 6.92 Å². The van der Waals surface area contributed by atoms with Crippen LogP contribution in [0.1, 0.15) is 21.5 Å². The first-order valence-corrected chi connectivity index (χ1v) is 11.1. The van der Waals surface area contributed by atoms with Gasteiger partial charge in [0.2, 0.25) is 0 Å². The summed E-state index contributed by atoms with van der Waals surface area (Å²) in [6.45, 7) is 2.68. The molecule has 0 spiro atoms. The highest BCUT2D eigenvalue weighted by Gasteiger charge is 2.24. The summed E-state index contributed by atoms with van der Waals surface area (Å²) in [5.74, 6) is 0.699. The number of H-pyrrole nitrogens is 1. The van der Waals surface area contributed by atoms with Gasteiger partial charge < -0.3 is 24.9 Å². The number of aromatic amines is 1. The van der Waals surface area contributed by atoms with Crippen molar-refractivity contribution in [1.29, 1.82) is 0 Å². The van der Waals surface area contributed by atoms with Gasteiger partial charge in [-0.1, -0.05) is 48.0 Å². The lowest BCUT2D eigenvalue weighted by Gasteiger charge is -2.23. The molecule has 0 fully saturated rings. The molecule has 1 aliphatic heterocycles. The van der Waals surface area contributed by atoms with Crippen molar-refractivity contribution in [1.82, 2.24) is 10.3 Å². The highest BCUT2D eigenvalue weighted by Crippen LogP contribution is 2.38. The largest absolute Gasteiger partial charge is 0.486 e. The minimum Gasteiger partial charge on any atom is -0.486 e. The fourth-order valence-electron chi connectivity index (χ4n) is 4.23. The summed E-state index contributed by atoms with van der Waals surface area (Å²) in [5, 5.41) is 14.1. The van der Waals surface area contributed by atoms with E-state index in [-0.39, 0.29) is 12.5 Å². The molecule has 0 radical (unpaired) electrons. The quantitative estimate of drug-likeness (QED) is 0.417. The number of benzene rings is 3. The number of ether oxygens (including phenoxy) is 2. The predicted octanol–water partition coefficient (Wildman–Crippen LogP) is 4.25. The minimum absolute atomic E-state index is 0.178. The topological polar surface area (TPSA) is 83.6 Å². The number of rotatable bonds is 6. The molecule has 0 unspecified atom stereocenters. The van der Waals surface area contributed by atoms with Crippen molar-refractivity contribution in [3.63, 3.8) is 0 Å². The molecular formula is C27H26N2O4. The van der Waals surface area contributed by atoms with Crippen LogP contribution in [-0.4, -0.2) is 41.9 Å². The second kappa shape index (κ2) is 9.00. The Bertz CT molecular complexity index is 1290. The molecule has 4 aromatic rings. The van der Waals surface area contributed by atoms with Gasteiger partial charge in [0.25, 0.3) is 5.91 Å². The first kappa shape index (κ1) is 21.1. The number of hydrogen-bond acceptors (Lipinski definition) is 4. The molecule has 3 N–H and O–H groups in total. The van der Waals surface area contributed by atoms with Crippen molar-refractivity contribution in [3.8, 4) is 22.6 Å². The fraction of sp³-hybridized carbons (Fsp3) is 0.222. The van der Waals surface area contributed by atoms with Crippen LogP contribution < -0.4 is 14.8 Å². The fourth-order valence-corrected chi connectivity index (χ4v) is 4.23. The summed E-state index contributed by atoms with van der Waals surface area (Å²) >= 11 is 0. The van der Waals surface area contributed by atoms with Gasteiger partial charge in [0.15, 0.2) is 11.5 Å². The van der Waals surface area contributed by atoms with Gasteiger partial charge in [0, 0.05) is 17.1 Å². The molecule has 1 aromatic heterocycles. The Morgan fingerprint density at radius 3 is 2.67 bits per heavy atom. The third kappa shape index (κ3) is 4.30. The third-order valence-corrected chi connectivity index (χ3v) is 5.97. The number of hydrogen-bond donors (Lipinski definition) is 3. The smallest absolute Gasteiger partial charge is 0.255 e. The molecule has 1 aliphatic rings. The number of amides is 1. The molecule has 1 amide bonds. The number of aromatic nitrogens is 1. The van der Waals surface area contributed by atoms with Crippen LogP contribution in [0.5, 0.6) is 11.5 Å². The standard InChI is InChI=1S/C27H26N2O4/c1-17-6-8-18(9-7-17)19-13-23(26-25(14-19)32-10-11-33-26)27(31)29-21(16-30)12-20-15-28-24-5-3-2-4-22(20)24/h2-9,13-15,21,28,30H,10-12,16H2,1H3,(H,29,31)/t21-/m1/s1. The van der Waals surface area contributed by atoms with E-state index < -0.39 is 6.04 Å². The van der Waals surface area contributed by atoms with Gasteiger partial charge >= 0.3 is 0 Å². The second-order valence-electron chi connectivity index (χ2n) is 8.33. The van der Waals surface area contributed by atoms with Crippen molar-refractivity contribution < 1.29 is 19.4 Å². The van der Waals surface area contributed by atoms with Crippen LogP contribution in [0.2, 0.25) is 0 Å². The Kier molecular flexibility index (Phi) is 5.75. The molecule has 5 rings (SSSR count). The van der Waals surface area contributed by atoms with Gasteiger partial charge in [-0.05, 0) is 48.2 Å². The Labute approximate surface area is 192 Å². The SMILES string of the molecule is Cc1ccc(-c2cc3c(c(C(=O)N[C@@H](CO)Cc4c[nH]c5ccccc45)c2)OCCO3)cc1. The molecule has 6 heteroatoms. The van der Waals surface area contributed by atoms with Gasteiger partial charge in [-0.15, -0.1) is 0 Å². The summed E-state index contributed by atoms with van der Waals surface area (Å²) in [4.78, 5) is 16.6. The van der Waals surface area contributed by atoms with Crippen LogP contribution in [-0.2, 0) is 6.42 Å². The molecule has 0 saturated carbocycles. The maximum atomic E-state index is 13.4. The summed E-state index contributed by atoms with van der Waals surface area (Å²) in [6.07, 6.45) is 2.43. The molecule has 6 nitrogen and oxygen atoms in total. The number of para-hydroxylation sites is 1. The van der Waals surface area contributed by atoms with E-state index in [9.17, 15) is 9.90 Å². The highest BCUT2D eigenvalue weighted by atomic mass is 16.6. The van der Waals surface area contributed by atoms with Gasteiger partial charge in [0.05, 0.1) is 18.2 Å². The average Bonchev–Trinajstić information content (AvgIpc) is 3.26. The van der Waals surface area contributed by atoms with E-state index in [0.29, 0.717) is 36.7 Å². The zero-order valence-electron chi connectivity index (χ0n) is 18.4. The lowest BCUT2D eigenvalue weighted by Crippen LogP contribution is -2.39. The van der Waals surface area contributed by atoms with Crippen LogP contribution >= 0.6 is 0 Å². The zero-order chi connectivity index (χ0) is 22.8. The normalized spacial score (nSPS) is 13.6. The van der Waals surface area contributed by atoms with Crippen molar-refractivity contribution in [2.45, 2.75) is 19.4 Å². The first-order valence-electron chi connectivity index (χ1n) is 11.1. The lowest BCUT2D eigenvalue weighted by molar-refractivity contribution is 0.0906. The number of aliphatic hydroxyl groups is 1. The van der Waals surface area contributed by atoms with Gasteiger partial charge in [0.1, 0.15) is 13.2 Å². The molecule has 0 bridgehead atoms. The van der Waals surface area contributed by atoms with Crippen LogP contribution in [0.25, 0.3) is 22.0 Å². The molecule has 168 valence electrons. The Morgan fingerprint density at radius 2 is 1.85 bits per heavy atom. The number of fused-ring (bicyclic) bond motifs is 2. The Morgan fingerprint density at radius 1 is 1.06 bits per heavy atom. The maximum Gasteiger partial charge on any atom is 0.255 e. The number of aryl methyl sites for hydroxylation is 1. The Balaban J connectivity index is 1.44. The van der Waals surface area contributed by atoms with Gasteiger partial charge in [-0.2, -0.15) is 0 Å². The van der Waals surface area contributed by atoms with Crippen LogP contribution in [0.3, 0.4) is 0 Å². The number of carbonyl (C=O) groups is 1. The van der Waals surface area contributed by atoms with Crippen molar-refractivity contribution in [3.05, 3.63) is 83.6 Å². The van der Waals surface area contributed by atoms with Gasteiger partial charge in [-0.25, -0.2) is 0 Å². The van der Waals surface area contributed by atoms with Crippen molar-refractivity contribution >= 4 is 16.8 Å². The second-order valence-corrected chi connectivity index (χ2v) is 8.33. The monoisotopic (exact) mass is 442 g/mol. The highest BCUT2D eigenvalue weighted by molar-refractivity contribution is 5.99. The van der Waals surface area contributed by atoms with E-state index in [1.54, 1.807) is 0 Å². The van der Waals surface area contributed by atoms with E-state index in [2.05, 4.69) is 10.3 Å².